The van der Waals surface area contributed by atoms with E-state index in [0.717, 1.165) is 4.88 Å². The van der Waals surface area contributed by atoms with Crippen molar-refractivity contribution in [2.75, 3.05) is 6.54 Å². The quantitative estimate of drug-likeness (QED) is 0.845. The van der Waals surface area contributed by atoms with E-state index in [1.54, 1.807) is 19.1 Å². The molecule has 1 aromatic carbocycles. The number of hydrogen-bond acceptors (Lipinski definition) is 4. The molecule has 0 spiro atoms. The molecule has 0 radical (unpaired) electrons. The van der Waals surface area contributed by atoms with Crippen LogP contribution in [0.4, 0.5) is 0 Å². The molecule has 0 fully saturated rings. The minimum atomic E-state index is -3.62. The van der Waals surface area contributed by atoms with Crippen LogP contribution in [0.2, 0.25) is 5.02 Å². The zero-order valence-electron chi connectivity index (χ0n) is 11.4. The summed E-state index contributed by atoms with van der Waals surface area (Å²) in [6, 6.07) is 8.44. The van der Waals surface area contributed by atoms with Crippen molar-refractivity contribution in [3.63, 3.8) is 0 Å². The van der Waals surface area contributed by atoms with Gasteiger partial charge in [0.05, 0.1) is 11.0 Å². The van der Waals surface area contributed by atoms with Gasteiger partial charge in [-0.15, -0.1) is 11.3 Å². The Kier molecular flexibility index (Phi) is 5.40. The number of thiophene rings is 1. The van der Waals surface area contributed by atoms with Gasteiger partial charge in [0.1, 0.15) is 0 Å². The first-order valence-electron chi connectivity index (χ1n) is 6.38. The molecule has 4 nitrogen and oxygen atoms in total. The molecule has 0 aliphatic heterocycles. The topological polar surface area (TPSA) is 66.4 Å². The Bertz CT molecular complexity index is 699. The molecule has 0 amide bonds. The number of aliphatic hydroxyl groups excluding tert-OH is 1. The summed E-state index contributed by atoms with van der Waals surface area (Å²) in [5, 5.41) is 12.2. The Morgan fingerprint density at radius 1 is 1.33 bits per heavy atom. The van der Waals surface area contributed by atoms with Crippen molar-refractivity contribution in [2.24, 2.45) is 0 Å². The molecule has 0 unspecified atom stereocenters. The largest absolute Gasteiger partial charge is 0.388 e. The second-order valence-corrected chi connectivity index (χ2v) is 7.70. The van der Waals surface area contributed by atoms with Gasteiger partial charge in [0, 0.05) is 16.4 Å². The van der Waals surface area contributed by atoms with Crippen molar-refractivity contribution < 1.29 is 13.5 Å². The third-order valence-electron chi connectivity index (χ3n) is 3.09. The summed E-state index contributed by atoms with van der Waals surface area (Å²) in [5.41, 5.74) is 0.519. The monoisotopic (exact) mass is 345 g/mol. The first kappa shape index (κ1) is 16.5. The average molecular weight is 346 g/mol. The van der Waals surface area contributed by atoms with Crippen molar-refractivity contribution in [3.8, 4) is 0 Å². The van der Waals surface area contributed by atoms with Gasteiger partial charge in [-0.05, 0) is 42.5 Å². The van der Waals surface area contributed by atoms with Gasteiger partial charge in [0.25, 0.3) is 0 Å². The first-order valence-corrected chi connectivity index (χ1v) is 9.12. The van der Waals surface area contributed by atoms with Crippen LogP contribution in [-0.4, -0.2) is 20.1 Å². The molecule has 2 rings (SSSR count). The number of halogens is 1. The predicted octanol–water partition coefficient (Wildman–Crippen LogP) is 3.11. The van der Waals surface area contributed by atoms with Crippen LogP contribution >= 0.6 is 22.9 Å². The van der Waals surface area contributed by atoms with Crippen LogP contribution in [0.5, 0.6) is 0 Å². The maximum atomic E-state index is 12.2. The summed E-state index contributed by atoms with van der Waals surface area (Å²) in [7, 11) is -3.62. The van der Waals surface area contributed by atoms with Crippen LogP contribution in [0.25, 0.3) is 0 Å². The molecular formula is C14H16ClNO3S2. The number of aliphatic hydroxyl groups is 1. The zero-order valence-corrected chi connectivity index (χ0v) is 13.8. The van der Waals surface area contributed by atoms with Gasteiger partial charge >= 0.3 is 0 Å². The van der Waals surface area contributed by atoms with Gasteiger partial charge in [-0.1, -0.05) is 23.7 Å². The second-order valence-electron chi connectivity index (χ2n) is 4.58. The van der Waals surface area contributed by atoms with E-state index in [1.165, 1.54) is 17.4 Å². The summed E-state index contributed by atoms with van der Waals surface area (Å²) in [4.78, 5) is 0.994. The normalized spacial score (nSPS) is 13.3. The van der Waals surface area contributed by atoms with Gasteiger partial charge in [-0.3, -0.25) is 0 Å². The lowest BCUT2D eigenvalue weighted by Crippen LogP contribution is -2.26. The van der Waals surface area contributed by atoms with Crippen LogP contribution < -0.4 is 4.72 Å². The molecule has 0 saturated heterocycles. The molecule has 1 atom stereocenters. The average Bonchev–Trinajstić information content (AvgIpc) is 2.95. The molecule has 2 aromatic rings. The lowest BCUT2D eigenvalue weighted by Gasteiger charge is -2.12. The van der Waals surface area contributed by atoms with E-state index in [2.05, 4.69) is 4.72 Å². The van der Waals surface area contributed by atoms with Crippen molar-refractivity contribution in [1.82, 2.24) is 4.72 Å². The maximum Gasteiger partial charge on any atom is 0.240 e. The Morgan fingerprint density at radius 2 is 2.10 bits per heavy atom. The molecule has 1 heterocycles. The fourth-order valence-electron chi connectivity index (χ4n) is 1.91. The first-order chi connectivity index (χ1) is 9.92. The minimum absolute atomic E-state index is 0.160. The highest BCUT2D eigenvalue weighted by Crippen LogP contribution is 2.24. The molecule has 0 aliphatic rings. The molecular weight excluding hydrogens is 330 g/mol. The molecule has 7 heteroatoms. The number of rotatable bonds is 6. The van der Waals surface area contributed by atoms with Gasteiger partial charge in [-0.2, -0.15) is 0 Å². The highest BCUT2D eigenvalue weighted by molar-refractivity contribution is 7.89. The maximum absolute atomic E-state index is 12.2. The fraction of sp³-hybridized carbons (Fsp3) is 0.286. The fourth-order valence-corrected chi connectivity index (χ4v) is 4.20. The van der Waals surface area contributed by atoms with Crippen molar-refractivity contribution >= 4 is 33.0 Å². The molecule has 0 saturated carbocycles. The second kappa shape index (κ2) is 6.89. The van der Waals surface area contributed by atoms with E-state index in [4.69, 9.17) is 11.6 Å². The SMILES string of the molecule is Cc1c(Cl)cccc1S(=O)(=O)NCC[C@@H](O)c1cccs1. The summed E-state index contributed by atoms with van der Waals surface area (Å²) in [6.45, 7) is 1.82. The van der Waals surface area contributed by atoms with E-state index in [1.807, 2.05) is 17.5 Å². The standard InChI is InChI=1S/C14H16ClNO3S2/c1-10-11(15)4-2-6-14(10)21(18,19)16-8-7-12(17)13-5-3-9-20-13/h2-6,9,12,16-17H,7-8H2,1H3/t12-/m1/s1. The Labute approximate surface area is 133 Å². The van der Waals surface area contributed by atoms with E-state index in [-0.39, 0.29) is 11.4 Å². The van der Waals surface area contributed by atoms with Crippen LogP contribution in [0.15, 0.2) is 40.6 Å². The van der Waals surface area contributed by atoms with Gasteiger partial charge in [0.15, 0.2) is 0 Å². The number of benzene rings is 1. The Morgan fingerprint density at radius 3 is 2.76 bits per heavy atom. The number of sulfonamides is 1. The van der Waals surface area contributed by atoms with Crippen LogP contribution in [-0.2, 0) is 10.0 Å². The van der Waals surface area contributed by atoms with Crippen molar-refractivity contribution in [1.29, 1.82) is 0 Å². The van der Waals surface area contributed by atoms with E-state index in [9.17, 15) is 13.5 Å². The van der Waals surface area contributed by atoms with Gasteiger partial charge in [-0.25, -0.2) is 13.1 Å². The third-order valence-corrected chi connectivity index (χ3v) is 6.08. The summed E-state index contributed by atoms with van der Waals surface area (Å²) >= 11 is 7.39. The van der Waals surface area contributed by atoms with Crippen LogP contribution in [0, 0.1) is 6.92 Å². The Balaban J connectivity index is 2.00. The Hall–Kier alpha value is -0.920. The third kappa shape index (κ3) is 4.05. The van der Waals surface area contributed by atoms with E-state index >= 15 is 0 Å². The summed E-state index contributed by atoms with van der Waals surface area (Å²) < 4.78 is 26.9. The molecule has 0 bridgehead atoms. The van der Waals surface area contributed by atoms with E-state index < -0.39 is 16.1 Å². The molecule has 2 N–H and O–H groups in total. The predicted molar refractivity (Wildman–Crippen MR) is 85.3 cm³/mol. The highest BCUT2D eigenvalue weighted by atomic mass is 35.5. The summed E-state index contributed by atoms with van der Waals surface area (Å²) in [6.07, 6.45) is -0.340. The van der Waals surface area contributed by atoms with Crippen molar-refractivity contribution in [2.45, 2.75) is 24.3 Å². The molecule has 114 valence electrons. The molecule has 1 aromatic heterocycles. The van der Waals surface area contributed by atoms with Gasteiger partial charge in [0.2, 0.25) is 10.0 Å². The van der Waals surface area contributed by atoms with E-state index in [0.29, 0.717) is 17.0 Å². The zero-order chi connectivity index (χ0) is 15.5. The molecule has 0 aliphatic carbocycles. The van der Waals surface area contributed by atoms with Gasteiger partial charge < -0.3 is 5.11 Å². The van der Waals surface area contributed by atoms with Crippen LogP contribution in [0.3, 0.4) is 0 Å². The summed E-state index contributed by atoms with van der Waals surface area (Å²) in [5.74, 6) is 0. The minimum Gasteiger partial charge on any atom is -0.388 e. The lowest BCUT2D eigenvalue weighted by molar-refractivity contribution is 0.173. The number of nitrogens with one attached hydrogen (secondary N) is 1. The van der Waals surface area contributed by atoms with Crippen LogP contribution in [0.1, 0.15) is 23.0 Å². The van der Waals surface area contributed by atoms with Crippen molar-refractivity contribution in [3.05, 3.63) is 51.2 Å². The number of hydrogen-bond donors (Lipinski definition) is 2. The molecule has 21 heavy (non-hydrogen) atoms. The lowest BCUT2D eigenvalue weighted by atomic mass is 10.2. The smallest absolute Gasteiger partial charge is 0.240 e. The highest BCUT2D eigenvalue weighted by Gasteiger charge is 2.18.